The Morgan fingerprint density at radius 1 is 1.29 bits per heavy atom. The number of hydrogen-bond acceptors (Lipinski definition) is 6. The number of rotatable bonds is 7. The minimum atomic E-state index is -0.266. The molecule has 31 heavy (non-hydrogen) atoms. The first-order chi connectivity index (χ1) is 14.5. The molecule has 166 valence electrons. The first-order valence-electron chi connectivity index (χ1n) is 10.1. The number of benzene rings is 1. The van der Waals surface area contributed by atoms with Crippen LogP contribution in [0.3, 0.4) is 0 Å². The summed E-state index contributed by atoms with van der Waals surface area (Å²) in [5.41, 5.74) is 0.969. The molecular formula is C22H27ClN4O3S. The van der Waals surface area contributed by atoms with E-state index >= 15 is 0 Å². The van der Waals surface area contributed by atoms with Crippen LogP contribution in [0.15, 0.2) is 38.7 Å². The highest BCUT2D eigenvalue weighted by Crippen LogP contribution is 2.25. The molecule has 7 nitrogen and oxygen atoms in total. The summed E-state index contributed by atoms with van der Waals surface area (Å²) in [5, 5.41) is 8.22. The Morgan fingerprint density at radius 2 is 2.03 bits per heavy atom. The zero-order chi connectivity index (χ0) is 22.8. The van der Waals surface area contributed by atoms with E-state index in [2.05, 4.69) is 29.3 Å². The van der Waals surface area contributed by atoms with Crippen molar-refractivity contribution in [2.75, 3.05) is 11.1 Å². The Labute approximate surface area is 190 Å². The van der Waals surface area contributed by atoms with Crippen LogP contribution in [0.4, 0.5) is 5.88 Å². The van der Waals surface area contributed by atoms with Crippen LogP contribution in [0.5, 0.6) is 0 Å². The van der Waals surface area contributed by atoms with Gasteiger partial charge >= 0.3 is 0 Å². The second kappa shape index (κ2) is 9.44. The largest absolute Gasteiger partial charge is 0.338 e. The number of thioether (sulfide) groups is 1. The van der Waals surface area contributed by atoms with E-state index in [1.165, 1.54) is 11.8 Å². The summed E-state index contributed by atoms with van der Waals surface area (Å²) in [4.78, 5) is 30.1. The lowest BCUT2D eigenvalue weighted by Crippen LogP contribution is -2.25. The van der Waals surface area contributed by atoms with Crippen molar-refractivity contribution >= 4 is 46.1 Å². The second-order valence-corrected chi connectivity index (χ2v) is 10.2. The van der Waals surface area contributed by atoms with E-state index in [0.717, 1.165) is 12.1 Å². The van der Waals surface area contributed by atoms with Crippen molar-refractivity contribution in [1.29, 1.82) is 0 Å². The van der Waals surface area contributed by atoms with E-state index in [0.29, 0.717) is 39.4 Å². The van der Waals surface area contributed by atoms with Crippen LogP contribution in [-0.2, 0) is 16.8 Å². The molecule has 0 spiro atoms. The average molecular weight is 463 g/mol. The molecule has 0 atom stereocenters. The minimum absolute atomic E-state index is 0.0751. The quantitative estimate of drug-likeness (QED) is 0.387. The molecule has 1 amide bonds. The molecule has 3 aromatic rings. The van der Waals surface area contributed by atoms with Gasteiger partial charge in [0.15, 0.2) is 5.16 Å². The van der Waals surface area contributed by atoms with Crippen LogP contribution in [-0.4, -0.2) is 26.4 Å². The third kappa shape index (κ3) is 5.89. The van der Waals surface area contributed by atoms with Gasteiger partial charge in [-0.2, -0.15) is 0 Å². The number of aromatic nitrogens is 3. The maximum Gasteiger partial charge on any atom is 0.262 e. The van der Waals surface area contributed by atoms with Gasteiger partial charge in [0.1, 0.15) is 0 Å². The van der Waals surface area contributed by atoms with E-state index in [1.807, 2.05) is 20.8 Å². The van der Waals surface area contributed by atoms with Gasteiger partial charge in [0.2, 0.25) is 11.8 Å². The zero-order valence-corrected chi connectivity index (χ0v) is 19.9. The van der Waals surface area contributed by atoms with E-state index < -0.39 is 0 Å². The van der Waals surface area contributed by atoms with E-state index in [1.54, 1.807) is 28.8 Å². The predicted octanol–water partition coefficient (Wildman–Crippen LogP) is 5.11. The molecule has 2 heterocycles. The standard InChI is InChI=1S/C22H27ClN4O3S/c1-13(2)8-9-27-20(29)15-7-6-14(23)10-16(15)24-21(27)31-12-18(28)25-19-11-17(26-30-19)22(3,4)5/h6-7,10-11,13H,8-9,12H2,1-5H3,(H,25,28). The molecule has 0 saturated carbocycles. The molecular weight excluding hydrogens is 436 g/mol. The van der Waals surface area contributed by atoms with Crippen LogP contribution in [0, 0.1) is 5.92 Å². The fourth-order valence-corrected chi connectivity index (χ4v) is 3.85. The Morgan fingerprint density at radius 3 is 2.68 bits per heavy atom. The van der Waals surface area contributed by atoms with Crippen molar-refractivity contribution in [1.82, 2.24) is 14.7 Å². The Bertz CT molecular complexity index is 1150. The Hall–Kier alpha value is -2.32. The highest BCUT2D eigenvalue weighted by molar-refractivity contribution is 7.99. The minimum Gasteiger partial charge on any atom is -0.338 e. The summed E-state index contributed by atoms with van der Waals surface area (Å²) in [6, 6.07) is 6.76. The average Bonchev–Trinajstić information content (AvgIpc) is 3.14. The molecule has 0 bridgehead atoms. The number of hydrogen-bond donors (Lipinski definition) is 1. The summed E-state index contributed by atoms with van der Waals surface area (Å²) >= 11 is 7.29. The molecule has 1 N–H and O–H groups in total. The second-order valence-electron chi connectivity index (χ2n) is 8.86. The number of carbonyl (C=O) groups is 1. The third-order valence-electron chi connectivity index (χ3n) is 4.69. The van der Waals surface area contributed by atoms with Crippen molar-refractivity contribution in [3.8, 4) is 0 Å². The summed E-state index contributed by atoms with van der Waals surface area (Å²) in [7, 11) is 0. The van der Waals surface area contributed by atoms with Crippen molar-refractivity contribution in [2.24, 2.45) is 5.92 Å². The third-order valence-corrected chi connectivity index (χ3v) is 5.90. The monoisotopic (exact) mass is 462 g/mol. The summed E-state index contributed by atoms with van der Waals surface area (Å²) < 4.78 is 6.85. The predicted molar refractivity (Wildman–Crippen MR) is 125 cm³/mol. The fourth-order valence-electron chi connectivity index (χ4n) is 2.86. The number of nitrogens with one attached hydrogen (secondary N) is 1. The molecule has 0 unspecified atom stereocenters. The van der Waals surface area contributed by atoms with Gasteiger partial charge in [-0.3, -0.25) is 19.5 Å². The first kappa shape index (κ1) is 23.3. The van der Waals surface area contributed by atoms with Gasteiger partial charge < -0.3 is 4.52 Å². The molecule has 2 aromatic heterocycles. The highest BCUT2D eigenvalue weighted by Gasteiger charge is 2.20. The van der Waals surface area contributed by atoms with Crippen LogP contribution in [0.2, 0.25) is 5.02 Å². The smallest absolute Gasteiger partial charge is 0.262 e. The molecule has 1 aromatic carbocycles. The summed E-state index contributed by atoms with van der Waals surface area (Å²) in [6.45, 7) is 10.8. The zero-order valence-electron chi connectivity index (χ0n) is 18.4. The molecule has 0 aliphatic carbocycles. The van der Waals surface area contributed by atoms with Crippen LogP contribution < -0.4 is 10.9 Å². The maximum absolute atomic E-state index is 13.0. The van der Waals surface area contributed by atoms with E-state index in [4.69, 9.17) is 16.1 Å². The molecule has 0 radical (unpaired) electrons. The van der Waals surface area contributed by atoms with Crippen molar-refractivity contribution in [3.63, 3.8) is 0 Å². The van der Waals surface area contributed by atoms with Gasteiger partial charge in [-0.05, 0) is 30.5 Å². The van der Waals surface area contributed by atoms with Crippen molar-refractivity contribution in [2.45, 2.75) is 58.2 Å². The molecule has 0 aliphatic rings. The van der Waals surface area contributed by atoms with Gasteiger partial charge in [0.05, 0.1) is 22.3 Å². The van der Waals surface area contributed by atoms with E-state index in [9.17, 15) is 9.59 Å². The van der Waals surface area contributed by atoms with Crippen LogP contribution in [0.25, 0.3) is 10.9 Å². The lowest BCUT2D eigenvalue weighted by atomic mass is 9.92. The SMILES string of the molecule is CC(C)CCn1c(SCC(=O)Nc2cc(C(C)(C)C)no2)nc2cc(Cl)ccc2c1=O. The molecule has 0 fully saturated rings. The first-order valence-corrected chi connectivity index (χ1v) is 11.5. The molecule has 0 saturated heterocycles. The number of anilines is 1. The van der Waals surface area contributed by atoms with Gasteiger partial charge in [0, 0.05) is 23.0 Å². The molecule has 0 aliphatic heterocycles. The summed E-state index contributed by atoms with van der Waals surface area (Å²) in [5.74, 6) is 0.534. The van der Waals surface area contributed by atoms with Crippen LogP contribution >= 0.6 is 23.4 Å². The number of halogens is 1. The number of carbonyl (C=O) groups excluding carboxylic acids is 1. The summed E-state index contributed by atoms with van der Waals surface area (Å²) in [6.07, 6.45) is 0.827. The number of amides is 1. The number of nitrogens with zero attached hydrogens (tertiary/aromatic N) is 3. The Kier molecular flexibility index (Phi) is 7.11. The lowest BCUT2D eigenvalue weighted by Gasteiger charge is -2.14. The molecule has 9 heteroatoms. The maximum atomic E-state index is 13.0. The van der Waals surface area contributed by atoms with Crippen LogP contribution in [0.1, 0.15) is 46.7 Å². The Balaban J connectivity index is 1.80. The van der Waals surface area contributed by atoms with Crippen molar-refractivity contribution in [3.05, 3.63) is 45.3 Å². The fraction of sp³-hybridized carbons (Fsp3) is 0.455. The van der Waals surface area contributed by atoms with E-state index in [-0.39, 0.29) is 22.6 Å². The molecule has 3 rings (SSSR count). The normalized spacial score (nSPS) is 12.0. The highest BCUT2D eigenvalue weighted by atomic mass is 35.5. The number of fused-ring (bicyclic) bond motifs is 1. The topological polar surface area (TPSA) is 90.0 Å². The van der Waals surface area contributed by atoms with Gasteiger partial charge in [-0.1, -0.05) is 63.1 Å². The van der Waals surface area contributed by atoms with Gasteiger partial charge in [-0.25, -0.2) is 4.98 Å². The lowest BCUT2D eigenvalue weighted by molar-refractivity contribution is -0.113. The van der Waals surface area contributed by atoms with Crippen molar-refractivity contribution < 1.29 is 9.32 Å². The van der Waals surface area contributed by atoms with Gasteiger partial charge in [0.25, 0.3) is 5.56 Å². The van der Waals surface area contributed by atoms with Gasteiger partial charge in [-0.15, -0.1) is 0 Å².